The number of sulfonamides is 1. The van der Waals surface area contributed by atoms with Crippen LogP contribution in [0, 0.1) is 5.82 Å². The number of halogens is 3. The van der Waals surface area contributed by atoms with Crippen LogP contribution in [0.25, 0.3) is 0 Å². The lowest BCUT2D eigenvalue weighted by atomic mass is 9.74. The summed E-state index contributed by atoms with van der Waals surface area (Å²) in [5.74, 6) is -1.08. The molecule has 3 unspecified atom stereocenters. The van der Waals surface area contributed by atoms with Gasteiger partial charge in [-0.1, -0.05) is 12.1 Å². The lowest BCUT2D eigenvalue weighted by Gasteiger charge is -2.38. The van der Waals surface area contributed by atoms with Crippen LogP contribution < -0.4 is 14.2 Å². The monoisotopic (exact) mass is 588 g/mol. The number of nitrogens with zero attached hydrogens (tertiary/aromatic N) is 1. The van der Waals surface area contributed by atoms with Crippen LogP contribution in [-0.4, -0.2) is 46.0 Å². The number of hydrogen-bond donors (Lipinski definition) is 1. The molecule has 8 nitrogen and oxygen atoms in total. The van der Waals surface area contributed by atoms with Crippen molar-refractivity contribution in [3.63, 3.8) is 0 Å². The molecule has 0 saturated heterocycles. The molecule has 1 heterocycles. The Balaban J connectivity index is 1.50. The summed E-state index contributed by atoms with van der Waals surface area (Å²) in [4.78, 5) is 16.5. The first-order chi connectivity index (χ1) is 19.5. The molecule has 0 spiro atoms. The lowest BCUT2D eigenvalue weighted by Crippen LogP contribution is -2.36. The van der Waals surface area contributed by atoms with Gasteiger partial charge >= 0.3 is 12.6 Å². The third-order valence-corrected chi connectivity index (χ3v) is 8.53. The second-order valence-electron chi connectivity index (χ2n) is 9.80. The third kappa shape index (κ3) is 6.17. The molecule has 0 amide bonds. The van der Waals surface area contributed by atoms with Gasteiger partial charge in [-0.2, -0.15) is 8.78 Å². The van der Waals surface area contributed by atoms with Crippen molar-refractivity contribution >= 4 is 27.4 Å². The summed E-state index contributed by atoms with van der Waals surface area (Å²) in [5, 5.41) is 0. The van der Waals surface area contributed by atoms with Crippen molar-refractivity contribution in [2.24, 2.45) is 4.99 Å². The molecule has 0 aromatic heterocycles. The van der Waals surface area contributed by atoms with Crippen LogP contribution in [0.5, 0.6) is 11.5 Å². The lowest BCUT2D eigenvalue weighted by molar-refractivity contribution is -0.148. The molecule has 2 aliphatic rings. The van der Waals surface area contributed by atoms with E-state index in [1.165, 1.54) is 32.2 Å². The molecule has 1 fully saturated rings. The van der Waals surface area contributed by atoms with Gasteiger partial charge in [-0.3, -0.25) is 14.5 Å². The molecule has 12 heteroatoms. The van der Waals surface area contributed by atoms with Crippen molar-refractivity contribution in [2.45, 2.75) is 55.8 Å². The number of alkyl halides is 2. The maximum absolute atomic E-state index is 13.2. The van der Waals surface area contributed by atoms with Crippen LogP contribution in [0.2, 0.25) is 0 Å². The summed E-state index contributed by atoms with van der Waals surface area (Å²) >= 11 is 0. The molecular formula is C29H27F3N2O6S. The Hall–Kier alpha value is -4.06. The fraction of sp³-hybridized carbons (Fsp3) is 0.310. The number of esters is 1. The van der Waals surface area contributed by atoms with Crippen molar-refractivity contribution in [3.05, 3.63) is 83.2 Å². The van der Waals surface area contributed by atoms with E-state index in [0.29, 0.717) is 36.1 Å². The van der Waals surface area contributed by atoms with Gasteiger partial charge in [0.25, 0.3) is 10.0 Å². The molecule has 1 saturated carbocycles. The topological polar surface area (TPSA) is 103 Å². The fourth-order valence-electron chi connectivity index (χ4n) is 5.37. The highest BCUT2D eigenvalue weighted by molar-refractivity contribution is 7.92. The molecule has 1 aliphatic carbocycles. The number of benzene rings is 3. The van der Waals surface area contributed by atoms with Crippen LogP contribution in [0.3, 0.4) is 0 Å². The van der Waals surface area contributed by atoms with E-state index in [9.17, 15) is 26.4 Å². The SMILES string of the molecule is COc1cc2c(cc1OC(F)F)C(c1ccc(NS(=O)(=O)c3ccc(F)cc3)cc1)=NC1CCC(OC(C)=O)CC21. The summed E-state index contributed by atoms with van der Waals surface area (Å²) < 4.78 is 83.2. The minimum absolute atomic E-state index is 0.0931. The summed E-state index contributed by atoms with van der Waals surface area (Å²) in [6, 6.07) is 13.9. The third-order valence-electron chi connectivity index (χ3n) is 7.13. The number of fused-ring (bicyclic) bond motifs is 3. The smallest absolute Gasteiger partial charge is 0.387 e. The highest BCUT2D eigenvalue weighted by Crippen LogP contribution is 2.45. The molecule has 3 aromatic carbocycles. The van der Waals surface area contributed by atoms with Gasteiger partial charge < -0.3 is 14.2 Å². The Morgan fingerprint density at radius 2 is 1.73 bits per heavy atom. The standard InChI is InChI=1S/C29H27F3N2O6S/c1-16(35)39-20-9-12-25-23(13-20)22-14-26(38-2)27(40-29(31)32)15-24(22)28(33-25)17-3-7-19(8-4-17)34-41(36,37)21-10-5-18(30)6-11-21/h3-8,10-11,14-15,20,23,25,29,34H,9,12-13H2,1-2H3. The van der Waals surface area contributed by atoms with E-state index in [2.05, 4.69) is 4.72 Å². The largest absolute Gasteiger partial charge is 0.493 e. The molecule has 5 rings (SSSR count). The number of ether oxygens (including phenoxy) is 3. The van der Waals surface area contributed by atoms with Crippen molar-refractivity contribution in [2.75, 3.05) is 11.8 Å². The van der Waals surface area contributed by atoms with Gasteiger partial charge in [0, 0.05) is 29.7 Å². The number of carbonyl (C=O) groups excluding carboxylic acids is 1. The normalized spacial score (nSPS) is 20.0. The first-order valence-corrected chi connectivity index (χ1v) is 14.3. The van der Waals surface area contributed by atoms with Crippen LogP contribution >= 0.6 is 0 Å². The zero-order valence-corrected chi connectivity index (χ0v) is 23.0. The number of carbonyl (C=O) groups is 1. The summed E-state index contributed by atoms with van der Waals surface area (Å²) in [6.45, 7) is -1.72. The van der Waals surface area contributed by atoms with E-state index < -0.39 is 22.5 Å². The Kier molecular flexibility index (Phi) is 7.94. The zero-order valence-electron chi connectivity index (χ0n) is 22.1. The minimum atomic E-state index is -3.96. The number of methoxy groups -OCH3 is 1. The number of rotatable bonds is 8. The second kappa shape index (κ2) is 11.4. The predicted octanol–water partition coefficient (Wildman–Crippen LogP) is 5.66. The average molecular weight is 589 g/mol. The molecule has 41 heavy (non-hydrogen) atoms. The quantitative estimate of drug-likeness (QED) is 0.341. The molecule has 216 valence electrons. The molecule has 3 atom stereocenters. The van der Waals surface area contributed by atoms with Gasteiger partial charge in [0.1, 0.15) is 11.9 Å². The second-order valence-corrected chi connectivity index (χ2v) is 11.5. The fourth-order valence-corrected chi connectivity index (χ4v) is 6.43. The molecule has 1 aliphatic heterocycles. The average Bonchev–Trinajstić information content (AvgIpc) is 2.92. The maximum atomic E-state index is 13.2. The first-order valence-electron chi connectivity index (χ1n) is 12.8. The van der Waals surface area contributed by atoms with E-state index >= 15 is 0 Å². The van der Waals surface area contributed by atoms with E-state index in [1.54, 1.807) is 30.3 Å². The Labute approximate surface area is 235 Å². The summed E-state index contributed by atoms with van der Waals surface area (Å²) in [5.41, 5.74) is 2.79. The molecule has 0 radical (unpaired) electrons. The highest BCUT2D eigenvalue weighted by atomic mass is 32.2. The number of hydrogen-bond acceptors (Lipinski definition) is 7. The first kappa shape index (κ1) is 28.5. The molecule has 0 bridgehead atoms. The maximum Gasteiger partial charge on any atom is 0.387 e. The van der Waals surface area contributed by atoms with Crippen molar-refractivity contribution < 1.29 is 40.6 Å². The van der Waals surface area contributed by atoms with E-state index in [4.69, 9.17) is 19.2 Å². The minimum Gasteiger partial charge on any atom is -0.493 e. The number of anilines is 1. The summed E-state index contributed by atoms with van der Waals surface area (Å²) in [7, 11) is -2.59. The van der Waals surface area contributed by atoms with Gasteiger partial charge in [-0.25, -0.2) is 12.8 Å². The predicted molar refractivity (Wildman–Crippen MR) is 145 cm³/mol. The molecular weight excluding hydrogens is 561 g/mol. The van der Waals surface area contributed by atoms with Crippen LogP contribution in [0.15, 0.2) is 70.6 Å². The summed E-state index contributed by atoms with van der Waals surface area (Å²) in [6.07, 6.45) is 1.48. The molecule has 1 N–H and O–H groups in total. The van der Waals surface area contributed by atoms with Crippen molar-refractivity contribution in [3.8, 4) is 11.5 Å². The van der Waals surface area contributed by atoms with E-state index in [0.717, 1.165) is 17.7 Å². The van der Waals surface area contributed by atoms with Gasteiger partial charge in [0.2, 0.25) is 0 Å². The van der Waals surface area contributed by atoms with Crippen LogP contribution in [0.1, 0.15) is 48.8 Å². The Morgan fingerprint density at radius 1 is 1.02 bits per heavy atom. The van der Waals surface area contributed by atoms with Gasteiger partial charge in [-0.05, 0) is 73.4 Å². The van der Waals surface area contributed by atoms with Crippen LogP contribution in [0.4, 0.5) is 18.9 Å². The van der Waals surface area contributed by atoms with Crippen LogP contribution in [-0.2, 0) is 19.6 Å². The van der Waals surface area contributed by atoms with Crippen molar-refractivity contribution in [1.82, 2.24) is 0 Å². The number of aliphatic imine (C=N–C) groups is 1. The van der Waals surface area contributed by atoms with E-state index in [1.807, 2.05) is 0 Å². The van der Waals surface area contributed by atoms with Crippen molar-refractivity contribution in [1.29, 1.82) is 0 Å². The zero-order chi connectivity index (χ0) is 29.3. The Morgan fingerprint density at radius 3 is 2.37 bits per heavy atom. The number of nitrogens with one attached hydrogen (secondary N) is 1. The van der Waals surface area contributed by atoms with Gasteiger partial charge in [0.05, 0.1) is 23.8 Å². The van der Waals surface area contributed by atoms with Gasteiger partial charge in [0.15, 0.2) is 11.5 Å². The highest BCUT2D eigenvalue weighted by Gasteiger charge is 2.39. The van der Waals surface area contributed by atoms with E-state index in [-0.39, 0.29) is 46.1 Å². The Bertz CT molecular complexity index is 1580. The van der Waals surface area contributed by atoms with Gasteiger partial charge in [-0.15, -0.1) is 0 Å². The molecule has 3 aromatic rings.